The number of nitrogens with two attached hydrogens (primary N) is 1. The Morgan fingerprint density at radius 1 is 1.24 bits per heavy atom. The van der Waals surface area contributed by atoms with Gasteiger partial charge in [-0.1, -0.05) is 12.1 Å². The molecule has 0 aliphatic heterocycles. The van der Waals surface area contributed by atoms with Crippen molar-refractivity contribution < 1.29 is 13.2 Å². The molecule has 0 saturated carbocycles. The summed E-state index contributed by atoms with van der Waals surface area (Å²) in [5.74, 6) is 5.49. The molecule has 112 valence electrons. The van der Waals surface area contributed by atoms with Crippen LogP contribution in [0.15, 0.2) is 47.2 Å². The van der Waals surface area contributed by atoms with Crippen LogP contribution in [0.4, 0.5) is 13.2 Å². The molecule has 1 unspecified atom stereocenters. The second-order valence-corrected chi connectivity index (χ2v) is 5.47. The maximum Gasteiger partial charge on any atom is 0.416 e. The number of nitrogens with zero attached hydrogens (tertiary/aromatic N) is 1. The van der Waals surface area contributed by atoms with Gasteiger partial charge in [0.2, 0.25) is 0 Å². The second-order valence-electron chi connectivity index (χ2n) is 4.56. The number of hydrazine groups is 1. The van der Waals surface area contributed by atoms with E-state index in [9.17, 15) is 13.2 Å². The highest BCUT2D eigenvalue weighted by Crippen LogP contribution is 2.31. The Bertz CT molecular complexity index is 616. The van der Waals surface area contributed by atoms with Gasteiger partial charge in [0, 0.05) is 16.9 Å². The van der Waals surface area contributed by atoms with Gasteiger partial charge in [0.25, 0.3) is 0 Å². The van der Waals surface area contributed by atoms with Crippen LogP contribution in [0.5, 0.6) is 0 Å². The van der Waals surface area contributed by atoms with E-state index in [4.69, 9.17) is 5.84 Å². The molecule has 3 N–H and O–H groups in total. The number of hydrogen-bond donors (Lipinski definition) is 2. The summed E-state index contributed by atoms with van der Waals surface area (Å²) in [6.45, 7) is 0. The molecule has 1 heterocycles. The van der Waals surface area contributed by atoms with Crippen molar-refractivity contribution in [2.75, 3.05) is 0 Å². The normalized spacial score (nSPS) is 13.2. The van der Waals surface area contributed by atoms with Gasteiger partial charge < -0.3 is 0 Å². The first-order valence-electron chi connectivity index (χ1n) is 6.13. The number of aromatic nitrogens is 1. The van der Waals surface area contributed by atoms with Crippen LogP contribution in [0.2, 0.25) is 0 Å². The molecule has 0 radical (unpaired) electrons. The molecule has 0 aliphatic rings. The zero-order valence-electron chi connectivity index (χ0n) is 10.9. The number of rotatable bonds is 4. The predicted octanol–water partition coefficient (Wildman–Crippen LogP) is 3.61. The van der Waals surface area contributed by atoms with E-state index in [1.165, 1.54) is 6.07 Å². The lowest BCUT2D eigenvalue weighted by Gasteiger charge is -2.18. The average Bonchev–Trinajstić information content (AvgIpc) is 2.44. The second kappa shape index (κ2) is 6.55. The van der Waals surface area contributed by atoms with Crippen LogP contribution in [0.3, 0.4) is 0 Å². The molecule has 0 aliphatic carbocycles. The first-order valence-corrected chi connectivity index (χ1v) is 6.92. The lowest BCUT2D eigenvalue weighted by Crippen LogP contribution is -2.29. The van der Waals surface area contributed by atoms with Crippen molar-refractivity contribution in [3.05, 3.63) is 63.9 Å². The smallest absolute Gasteiger partial charge is 0.271 e. The lowest BCUT2D eigenvalue weighted by molar-refractivity contribution is -0.137. The van der Waals surface area contributed by atoms with Crippen molar-refractivity contribution in [2.45, 2.75) is 18.6 Å². The molecule has 1 aromatic heterocycles. The molecular formula is C14H13BrF3N3. The molecule has 1 aromatic carbocycles. The highest BCUT2D eigenvalue weighted by Gasteiger charge is 2.30. The third kappa shape index (κ3) is 4.26. The summed E-state index contributed by atoms with van der Waals surface area (Å²) >= 11 is 3.31. The summed E-state index contributed by atoms with van der Waals surface area (Å²) < 4.78 is 39.0. The number of halogens is 4. The zero-order valence-corrected chi connectivity index (χ0v) is 12.4. The van der Waals surface area contributed by atoms with Crippen molar-refractivity contribution >= 4 is 15.9 Å². The van der Waals surface area contributed by atoms with E-state index >= 15 is 0 Å². The molecule has 0 fully saturated rings. The minimum absolute atomic E-state index is 0.427. The van der Waals surface area contributed by atoms with Gasteiger partial charge in [0.05, 0.1) is 11.6 Å². The fourth-order valence-corrected chi connectivity index (χ4v) is 2.42. The molecule has 7 heteroatoms. The minimum atomic E-state index is -4.37. The average molecular weight is 360 g/mol. The summed E-state index contributed by atoms with van der Waals surface area (Å²) in [5, 5.41) is 0. The third-order valence-corrected chi connectivity index (χ3v) is 3.45. The Morgan fingerprint density at radius 3 is 2.62 bits per heavy atom. The molecule has 0 spiro atoms. The Kier molecular flexibility index (Phi) is 4.97. The Balaban J connectivity index is 2.25. The Hall–Kier alpha value is -1.44. The van der Waals surface area contributed by atoms with Gasteiger partial charge in [0.1, 0.15) is 0 Å². The summed E-state index contributed by atoms with van der Waals surface area (Å²) in [7, 11) is 0. The first-order chi connectivity index (χ1) is 9.90. The molecule has 1 atom stereocenters. The molecule has 0 amide bonds. The number of hydrogen-bond acceptors (Lipinski definition) is 3. The van der Waals surface area contributed by atoms with Gasteiger partial charge in [-0.3, -0.25) is 16.3 Å². The largest absolute Gasteiger partial charge is 0.416 e. The van der Waals surface area contributed by atoms with Crippen molar-refractivity contribution in [1.82, 2.24) is 10.4 Å². The summed E-state index contributed by atoms with van der Waals surface area (Å²) in [5.41, 5.74) is 3.21. The van der Waals surface area contributed by atoms with Crippen LogP contribution < -0.4 is 11.3 Å². The molecule has 0 saturated heterocycles. The Morgan fingerprint density at radius 2 is 2.00 bits per heavy atom. The molecule has 3 nitrogen and oxygen atoms in total. The fourth-order valence-electron chi connectivity index (χ4n) is 2.01. The maximum atomic E-state index is 12.7. The van der Waals surface area contributed by atoms with Gasteiger partial charge in [-0.25, -0.2) is 0 Å². The fraction of sp³-hybridized carbons (Fsp3) is 0.214. The quantitative estimate of drug-likeness (QED) is 0.647. The van der Waals surface area contributed by atoms with Crippen molar-refractivity contribution in [2.24, 2.45) is 5.84 Å². The van der Waals surface area contributed by atoms with E-state index in [-0.39, 0.29) is 0 Å². The van der Waals surface area contributed by atoms with Crippen LogP contribution in [0, 0.1) is 0 Å². The number of alkyl halides is 3. The minimum Gasteiger partial charge on any atom is -0.271 e. The van der Waals surface area contributed by atoms with E-state index in [1.807, 2.05) is 6.07 Å². The van der Waals surface area contributed by atoms with E-state index in [2.05, 4.69) is 26.3 Å². The van der Waals surface area contributed by atoms with E-state index in [0.717, 1.165) is 22.2 Å². The summed E-state index contributed by atoms with van der Waals surface area (Å²) in [4.78, 5) is 4.03. The predicted molar refractivity (Wildman–Crippen MR) is 77.1 cm³/mol. The van der Waals surface area contributed by atoms with Gasteiger partial charge >= 0.3 is 6.18 Å². The van der Waals surface area contributed by atoms with Crippen LogP contribution in [-0.4, -0.2) is 4.98 Å². The molecular weight excluding hydrogens is 347 g/mol. The number of pyridine rings is 1. The first kappa shape index (κ1) is 15.9. The summed E-state index contributed by atoms with van der Waals surface area (Å²) in [6, 6.07) is 6.56. The molecule has 0 bridgehead atoms. The van der Waals surface area contributed by atoms with Gasteiger partial charge in [0.15, 0.2) is 0 Å². The topological polar surface area (TPSA) is 50.9 Å². The van der Waals surface area contributed by atoms with Crippen LogP contribution in [-0.2, 0) is 12.6 Å². The summed E-state index contributed by atoms with van der Waals surface area (Å²) in [6.07, 6.45) is -0.641. The molecule has 2 rings (SSSR count). The van der Waals surface area contributed by atoms with Crippen LogP contribution in [0.25, 0.3) is 0 Å². The van der Waals surface area contributed by atoms with Crippen molar-refractivity contribution in [1.29, 1.82) is 0 Å². The van der Waals surface area contributed by atoms with Gasteiger partial charge in [-0.05, 0) is 51.7 Å². The zero-order chi connectivity index (χ0) is 15.5. The number of nitrogens with one attached hydrogen (secondary N) is 1. The highest BCUT2D eigenvalue weighted by atomic mass is 79.9. The van der Waals surface area contributed by atoms with Crippen molar-refractivity contribution in [3.8, 4) is 0 Å². The van der Waals surface area contributed by atoms with E-state index < -0.39 is 17.8 Å². The number of benzene rings is 1. The van der Waals surface area contributed by atoms with E-state index in [1.54, 1.807) is 18.5 Å². The SMILES string of the molecule is NNC(Cc1cncc(Br)c1)c1cccc(C(F)(F)F)c1. The monoisotopic (exact) mass is 359 g/mol. The van der Waals surface area contributed by atoms with Crippen LogP contribution >= 0.6 is 15.9 Å². The molecule has 2 aromatic rings. The van der Waals surface area contributed by atoms with Crippen molar-refractivity contribution in [3.63, 3.8) is 0 Å². The van der Waals surface area contributed by atoms with Gasteiger partial charge in [-0.15, -0.1) is 0 Å². The maximum absolute atomic E-state index is 12.7. The lowest BCUT2D eigenvalue weighted by atomic mass is 9.98. The Labute approximate surface area is 128 Å². The highest BCUT2D eigenvalue weighted by molar-refractivity contribution is 9.10. The van der Waals surface area contributed by atoms with Crippen LogP contribution in [0.1, 0.15) is 22.7 Å². The van der Waals surface area contributed by atoms with E-state index in [0.29, 0.717) is 12.0 Å². The van der Waals surface area contributed by atoms with Gasteiger partial charge in [-0.2, -0.15) is 13.2 Å². The third-order valence-electron chi connectivity index (χ3n) is 3.02. The molecule has 21 heavy (non-hydrogen) atoms. The standard InChI is InChI=1S/C14H13BrF3N3/c15-12-4-9(7-20-8-12)5-13(21-19)10-2-1-3-11(6-10)14(16,17)18/h1-4,6-8,13,21H,5,19H2.